The van der Waals surface area contributed by atoms with Crippen LogP contribution < -0.4 is 5.32 Å². The summed E-state index contributed by atoms with van der Waals surface area (Å²) in [6.45, 7) is 2.02. The predicted octanol–water partition coefficient (Wildman–Crippen LogP) is 1.02. The van der Waals surface area contributed by atoms with Crippen LogP contribution in [0.3, 0.4) is 0 Å². The van der Waals surface area contributed by atoms with Gasteiger partial charge in [-0.25, -0.2) is 0 Å². The Morgan fingerprint density at radius 2 is 2.06 bits per heavy atom. The van der Waals surface area contributed by atoms with Crippen molar-refractivity contribution < 1.29 is 9.63 Å². The third kappa shape index (κ3) is 2.08. The van der Waals surface area contributed by atoms with Crippen molar-refractivity contribution in [3.8, 4) is 0 Å². The number of likely N-dealkylation sites (N-methyl/N-ethyl adjacent to an activating group) is 2. The Labute approximate surface area is 100 Å². The molecule has 1 aliphatic rings. The Kier molecular flexibility index (Phi) is 2.99. The average molecular weight is 233 g/mol. The highest BCUT2D eigenvalue weighted by Gasteiger charge is 2.31. The van der Waals surface area contributed by atoms with Crippen molar-refractivity contribution in [3.05, 3.63) is 35.4 Å². The predicted molar refractivity (Wildman–Crippen MR) is 64.3 cm³/mol. The number of carbonyl (C=O) groups excluding carboxylic acids is 1. The first-order valence-electron chi connectivity index (χ1n) is 5.39. The van der Waals surface area contributed by atoms with Gasteiger partial charge in [-0.15, -0.1) is 0 Å². The van der Waals surface area contributed by atoms with Crippen molar-refractivity contribution in [1.29, 1.82) is 0 Å². The van der Waals surface area contributed by atoms with Gasteiger partial charge >= 0.3 is 0 Å². The maximum Gasteiger partial charge on any atom is 0.290 e. The fourth-order valence-electron chi connectivity index (χ4n) is 1.67. The van der Waals surface area contributed by atoms with Crippen LogP contribution in [0.5, 0.6) is 0 Å². The summed E-state index contributed by atoms with van der Waals surface area (Å²) in [4.78, 5) is 18.5. The Balaban J connectivity index is 2.17. The summed E-state index contributed by atoms with van der Waals surface area (Å²) < 4.78 is 0. The van der Waals surface area contributed by atoms with Crippen LogP contribution >= 0.6 is 0 Å². The van der Waals surface area contributed by atoms with Gasteiger partial charge in [0.25, 0.3) is 5.91 Å². The van der Waals surface area contributed by atoms with E-state index in [2.05, 4.69) is 10.5 Å². The fourth-order valence-corrected chi connectivity index (χ4v) is 1.67. The van der Waals surface area contributed by atoms with E-state index in [4.69, 9.17) is 4.84 Å². The van der Waals surface area contributed by atoms with Gasteiger partial charge in [0.15, 0.2) is 0 Å². The monoisotopic (exact) mass is 233 g/mol. The van der Waals surface area contributed by atoms with Gasteiger partial charge in [-0.1, -0.05) is 35.0 Å². The lowest BCUT2D eigenvalue weighted by atomic mass is 10.1. The summed E-state index contributed by atoms with van der Waals surface area (Å²) >= 11 is 0. The van der Waals surface area contributed by atoms with Gasteiger partial charge in [-0.05, 0) is 6.92 Å². The third-order valence-electron chi connectivity index (χ3n) is 2.72. The minimum atomic E-state index is -0.331. The van der Waals surface area contributed by atoms with Crippen LogP contribution in [0.4, 0.5) is 0 Å². The number of benzene rings is 1. The normalized spacial score (nSPS) is 18.6. The van der Waals surface area contributed by atoms with Crippen molar-refractivity contribution in [2.45, 2.75) is 13.2 Å². The second-order valence-electron chi connectivity index (χ2n) is 3.97. The van der Waals surface area contributed by atoms with Crippen molar-refractivity contribution in [3.63, 3.8) is 0 Å². The molecule has 1 atom stereocenters. The molecule has 1 aromatic carbocycles. The number of hydrogen-bond acceptors (Lipinski definition) is 4. The van der Waals surface area contributed by atoms with E-state index in [0.29, 0.717) is 0 Å². The Morgan fingerprint density at radius 1 is 1.41 bits per heavy atom. The van der Waals surface area contributed by atoms with E-state index in [1.807, 2.05) is 31.2 Å². The van der Waals surface area contributed by atoms with E-state index in [9.17, 15) is 4.79 Å². The zero-order chi connectivity index (χ0) is 12.4. The quantitative estimate of drug-likeness (QED) is 0.829. The van der Waals surface area contributed by atoms with E-state index >= 15 is 0 Å². The number of aryl methyl sites for hydroxylation is 1. The highest BCUT2D eigenvalue weighted by Crippen LogP contribution is 2.26. The summed E-state index contributed by atoms with van der Waals surface area (Å²) in [7, 11) is 3.35. The van der Waals surface area contributed by atoms with Crippen molar-refractivity contribution in [2.24, 2.45) is 5.16 Å². The molecule has 17 heavy (non-hydrogen) atoms. The second-order valence-corrected chi connectivity index (χ2v) is 3.97. The molecule has 0 bridgehead atoms. The molecule has 1 amide bonds. The molecular formula is C12H15N3O2. The molecule has 5 nitrogen and oxygen atoms in total. The molecule has 0 saturated carbocycles. The summed E-state index contributed by atoms with van der Waals surface area (Å²) in [5.41, 5.74) is 2.16. The zero-order valence-electron chi connectivity index (χ0n) is 10.1. The second kappa shape index (κ2) is 4.45. The number of nitrogens with zero attached hydrogens (tertiary/aromatic N) is 2. The van der Waals surface area contributed by atoms with Gasteiger partial charge in [0.05, 0.1) is 0 Å². The first kappa shape index (κ1) is 11.4. The highest BCUT2D eigenvalue weighted by atomic mass is 16.7. The number of hydrogen-bond donors (Lipinski definition) is 1. The van der Waals surface area contributed by atoms with E-state index in [-0.39, 0.29) is 18.0 Å². The number of amidine groups is 1. The van der Waals surface area contributed by atoms with Crippen molar-refractivity contribution in [2.75, 3.05) is 14.1 Å². The van der Waals surface area contributed by atoms with Crippen LogP contribution in [0.2, 0.25) is 0 Å². The molecule has 1 unspecified atom stereocenters. The minimum absolute atomic E-state index is 0.248. The fraction of sp³-hybridized carbons (Fsp3) is 0.333. The summed E-state index contributed by atoms with van der Waals surface area (Å²) in [6, 6.07) is 7.95. The molecule has 1 heterocycles. The van der Waals surface area contributed by atoms with Crippen LogP contribution in [-0.4, -0.2) is 30.7 Å². The highest BCUT2D eigenvalue weighted by molar-refractivity contribution is 6.37. The zero-order valence-corrected chi connectivity index (χ0v) is 10.1. The maximum atomic E-state index is 11.5. The first-order valence-corrected chi connectivity index (χ1v) is 5.39. The van der Waals surface area contributed by atoms with E-state index in [1.54, 1.807) is 19.0 Å². The van der Waals surface area contributed by atoms with Gasteiger partial charge in [-0.3, -0.25) is 4.79 Å². The van der Waals surface area contributed by atoms with Gasteiger partial charge in [-0.2, -0.15) is 0 Å². The Hall–Kier alpha value is -2.04. The third-order valence-corrected chi connectivity index (χ3v) is 2.72. The minimum Gasteiger partial charge on any atom is -0.363 e. The molecule has 2 rings (SSSR count). The average Bonchev–Trinajstić information content (AvgIpc) is 2.71. The van der Waals surface area contributed by atoms with E-state index < -0.39 is 0 Å². The summed E-state index contributed by atoms with van der Waals surface area (Å²) in [5.74, 6) is 0.0418. The van der Waals surface area contributed by atoms with Crippen molar-refractivity contribution >= 4 is 11.7 Å². The maximum absolute atomic E-state index is 11.5. The van der Waals surface area contributed by atoms with Crippen molar-refractivity contribution in [1.82, 2.24) is 10.2 Å². The summed E-state index contributed by atoms with van der Waals surface area (Å²) in [6.07, 6.45) is -0.331. The first-order chi connectivity index (χ1) is 8.13. The molecule has 0 saturated heterocycles. The lowest BCUT2D eigenvalue weighted by Crippen LogP contribution is -2.38. The molecule has 90 valence electrons. The molecule has 0 aromatic heterocycles. The molecular weight excluding hydrogens is 218 g/mol. The Bertz CT molecular complexity index is 453. The number of carbonyl (C=O) groups is 1. The topological polar surface area (TPSA) is 53.9 Å². The smallest absolute Gasteiger partial charge is 0.290 e. The Morgan fingerprint density at radius 3 is 2.65 bits per heavy atom. The van der Waals surface area contributed by atoms with Crippen LogP contribution in [0.25, 0.3) is 0 Å². The number of nitrogens with one attached hydrogen (secondary N) is 1. The summed E-state index contributed by atoms with van der Waals surface area (Å²) in [5, 5.41) is 6.33. The lowest BCUT2D eigenvalue weighted by molar-refractivity contribution is -0.115. The molecule has 0 radical (unpaired) electrons. The molecule has 5 heteroatoms. The molecule has 1 N–H and O–H groups in total. The SMILES string of the molecule is CNC(=O)C1=NOC(c2ccc(C)cc2)N1C. The van der Waals surface area contributed by atoms with Gasteiger partial charge in [0.1, 0.15) is 0 Å². The van der Waals surface area contributed by atoms with Gasteiger partial charge in [0, 0.05) is 19.7 Å². The molecule has 0 spiro atoms. The van der Waals surface area contributed by atoms with Crippen LogP contribution in [0, 0.1) is 6.92 Å². The lowest BCUT2D eigenvalue weighted by Gasteiger charge is -2.19. The van der Waals surface area contributed by atoms with Gasteiger partial charge in [0.2, 0.25) is 12.1 Å². The standard InChI is InChI=1S/C12H15N3O2/c1-8-4-6-9(7-5-8)12-15(3)10(14-17-12)11(16)13-2/h4-7,12H,1-3H3,(H,13,16). The van der Waals surface area contributed by atoms with Crippen LogP contribution in [-0.2, 0) is 9.63 Å². The molecule has 1 aliphatic heterocycles. The van der Waals surface area contributed by atoms with Gasteiger partial charge < -0.3 is 15.1 Å². The number of amides is 1. The van der Waals surface area contributed by atoms with Crippen LogP contribution in [0.1, 0.15) is 17.4 Å². The molecule has 0 aliphatic carbocycles. The van der Waals surface area contributed by atoms with E-state index in [0.717, 1.165) is 5.56 Å². The molecule has 0 fully saturated rings. The number of rotatable bonds is 2. The largest absolute Gasteiger partial charge is 0.363 e. The van der Waals surface area contributed by atoms with Crippen LogP contribution in [0.15, 0.2) is 29.4 Å². The number of oxime groups is 1. The van der Waals surface area contributed by atoms with E-state index in [1.165, 1.54) is 5.56 Å². The molecule has 1 aromatic rings.